The quantitative estimate of drug-likeness (QED) is 0.819. The van der Waals surface area contributed by atoms with Gasteiger partial charge in [-0.3, -0.25) is 14.6 Å². The number of hydrogen-bond donors (Lipinski definition) is 0. The molecule has 9 heteroatoms. The van der Waals surface area contributed by atoms with Crippen LogP contribution in [0.25, 0.3) is 0 Å². The summed E-state index contributed by atoms with van der Waals surface area (Å²) in [5.41, 5.74) is -0.572. The summed E-state index contributed by atoms with van der Waals surface area (Å²) in [5.74, 6) is 0.262. The maximum absolute atomic E-state index is 12.8. The van der Waals surface area contributed by atoms with Crippen molar-refractivity contribution in [2.75, 3.05) is 24.5 Å². The number of alkyl halides is 3. The first-order valence-electron chi connectivity index (χ1n) is 7.87. The second-order valence-electron chi connectivity index (χ2n) is 6.00. The Bertz CT molecular complexity index is 860. The molecule has 0 saturated carbocycles. The molecule has 0 radical (unpaired) electrons. The molecule has 6 nitrogen and oxygen atoms in total. The van der Waals surface area contributed by atoms with Crippen molar-refractivity contribution in [1.29, 1.82) is 0 Å². The fourth-order valence-corrected chi connectivity index (χ4v) is 2.88. The molecule has 2 aromatic heterocycles. The van der Waals surface area contributed by atoms with Gasteiger partial charge in [0.1, 0.15) is 23.8 Å². The van der Waals surface area contributed by atoms with Gasteiger partial charge in [-0.25, -0.2) is 0 Å². The van der Waals surface area contributed by atoms with E-state index in [9.17, 15) is 22.8 Å². The average Bonchev–Trinajstić information content (AvgIpc) is 2.92. The summed E-state index contributed by atoms with van der Waals surface area (Å²) in [6.07, 6.45) is -3.58. The number of piperazine rings is 1. The number of nitrogens with zero attached hydrogens (tertiary/aromatic N) is 3. The molecule has 0 N–H and O–H groups in total. The van der Waals surface area contributed by atoms with Gasteiger partial charge in [-0.05, 0) is 32.0 Å². The molecule has 0 aliphatic carbocycles. The van der Waals surface area contributed by atoms with E-state index in [2.05, 4.69) is 4.98 Å². The summed E-state index contributed by atoms with van der Waals surface area (Å²) in [4.78, 5) is 30.8. The zero-order valence-corrected chi connectivity index (χ0v) is 14.1. The molecule has 26 heavy (non-hydrogen) atoms. The maximum atomic E-state index is 12.8. The molecule has 0 unspecified atom stereocenters. The molecule has 3 heterocycles. The van der Waals surface area contributed by atoms with Gasteiger partial charge < -0.3 is 14.2 Å². The van der Waals surface area contributed by atoms with E-state index in [0.717, 1.165) is 12.3 Å². The van der Waals surface area contributed by atoms with E-state index in [0.29, 0.717) is 17.1 Å². The van der Waals surface area contributed by atoms with Gasteiger partial charge in [0.25, 0.3) is 5.91 Å². The number of rotatable bonds is 2. The first kappa shape index (κ1) is 18.0. The lowest BCUT2D eigenvalue weighted by Crippen LogP contribution is -2.52. The van der Waals surface area contributed by atoms with Crippen LogP contribution in [0.5, 0.6) is 0 Å². The number of furan rings is 1. The Hall–Kier alpha value is -2.84. The summed E-state index contributed by atoms with van der Waals surface area (Å²) in [6.45, 7) is 3.47. The number of pyridine rings is 1. The highest BCUT2D eigenvalue weighted by atomic mass is 19.4. The van der Waals surface area contributed by atoms with Crippen molar-refractivity contribution < 1.29 is 27.2 Å². The highest BCUT2D eigenvalue weighted by Gasteiger charge is 2.34. The minimum absolute atomic E-state index is 0.0990. The first-order valence-corrected chi connectivity index (χ1v) is 7.87. The Morgan fingerprint density at radius 2 is 1.96 bits per heavy atom. The van der Waals surface area contributed by atoms with Crippen molar-refractivity contribution in [3.8, 4) is 0 Å². The third kappa shape index (κ3) is 3.42. The molecule has 1 aliphatic rings. The summed E-state index contributed by atoms with van der Waals surface area (Å²) in [5, 5.41) is 0. The molecular weight excluding hydrogens is 351 g/mol. The van der Waals surface area contributed by atoms with Crippen LogP contribution in [-0.2, 0) is 11.0 Å². The van der Waals surface area contributed by atoms with Gasteiger partial charge in [0.15, 0.2) is 0 Å². The molecule has 1 saturated heterocycles. The van der Waals surface area contributed by atoms with Crippen LogP contribution in [0.15, 0.2) is 28.8 Å². The van der Waals surface area contributed by atoms with Gasteiger partial charge in [-0.2, -0.15) is 13.2 Å². The smallest absolute Gasteiger partial charge is 0.433 e. The fourth-order valence-electron chi connectivity index (χ4n) is 2.88. The largest absolute Gasteiger partial charge is 0.466 e. The van der Waals surface area contributed by atoms with Gasteiger partial charge in [-0.15, -0.1) is 0 Å². The van der Waals surface area contributed by atoms with Gasteiger partial charge >= 0.3 is 6.18 Å². The predicted molar refractivity (Wildman–Crippen MR) is 85.7 cm³/mol. The summed E-state index contributed by atoms with van der Waals surface area (Å²) >= 11 is 0. The van der Waals surface area contributed by atoms with E-state index in [-0.39, 0.29) is 31.2 Å². The Morgan fingerprint density at radius 1 is 1.23 bits per heavy atom. The van der Waals surface area contributed by atoms with E-state index < -0.39 is 17.8 Å². The second kappa shape index (κ2) is 6.47. The van der Waals surface area contributed by atoms with Crippen LogP contribution in [0.1, 0.15) is 27.6 Å². The highest BCUT2D eigenvalue weighted by Crippen LogP contribution is 2.30. The Morgan fingerprint density at radius 3 is 2.54 bits per heavy atom. The molecule has 3 rings (SSSR count). The van der Waals surface area contributed by atoms with E-state index in [4.69, 9.17) is 4.42 Å². The van der Waals surface area contributed by atoms with E-state index >= 15 is 0 Å². The van der Waals surface area contributed by atoms with Gasteiger partial charge in [-0.1, -0.05) is 0 Å². The fraction of sp³-hybridized carbons (Fsp3) is 0.353. The normalized spacial score (nSPS) is 15.5. The van der Waals surface area contributed by atoms with Crippen molar-refractivity contribution in [3.63, 3.8) is 0 Å². The highest BCUT2D eigenvalue weighted by molar-refractivity contribution is 6.02. The van der Waals surface area contributed by atoms with Crippen LogP contribution in [-0.4, -0.2) is 41.3 Å². The molecule has 1 aliphatic heterocycles. The Labute approximate surface area is 147 Å². The van der Waals surface area contributed by atoms with Crippen LogP contribution in [0.4, 0.5) is 18.9 Å². The average molecular weight is 367 g/mol. The van der Waals surface area contributed by atoms with Crippen molar-refractivity contribution >= 4 is 17.5 Å². The molecule has 1 fully saturated rings. The van der Waals surface area contributed by atoms with Gasteiger partial charge in [0.05, 0.1) is 5.56 Å². The topological polar surface area (TPSA) is 66.7 Å². The van der Waals surface area contributed by atoms with Crippen molar-refractivity contribution in [1.82, 2.24) is 9.88 Å². The molecule has 138 valence electrons. The molecule has 0 atom stereocenters. The van der Waals surface area contributed by atoms with E-state index in [1.165, 1.54) is 15.9 Å². The Kier molecular flexibility index (Phi) is 4.47. The number of anilines is 1. The lowest BCUT2D eigenvalue weighted by Gasteiger charge is -2.34. The predicted octanol–water partition coefficient (Wildman–Crippen LogP) is 2.80. The number of aryl methyl sites for hydroxylation is 2. The Balaban J connectivity index is 1.76. The van der Waals surface area contributed by atoms with Crippen LogP contribution in [0, 0.1) is 13.8 Å². The van der Waals surface area contributed by atoms with Crippen LogP contribution >= 0.6 is 0 Å². The standard InChI is InChI=1S/C17H16F3N3O3/c1-10-7-13(11(2)26-10)16(25)22-5-6-23(15(24)9-22)12-3-4-21-14(8-12)17(18,19)20/h3-4,7-8H,5-6,9H2,1-2H3. The molecule has 2 aromatic rings. The number of carbonyl (C=O) groups excluding carboxylic acids is 2. The van der Waals surface area contributed by atoms with Crippen molar-refractivity contribution in [3.05, 3.63) is 47.2 Å². The van der Waals surface area contributed by atoms with E-state index in [1.54, 1.807) is 19.9 Å². The third-order valence-electron chi connectivity index (χ3n) is 4.12. The lowest BCUT2D eigenvalue weighted by molar-refractivity contribution is -0.141. The molecule has 2 amide bonds. The van der Waals surface area contributed by atoms with Crippen molar-refractivity contribution in [2.24, 2.45) is 0 Å². The minimum Gasteiger partial charge on any atom is -0.466 e. The van der Waals surface area contributed by atoms with Gasteiger partial charge in [0.2, 0.25) is 5.91 Å². The van der Waals surface area contributed by atoms with Crippen LogP contribution < -0.4 is 4.90 Å². The van der Waals surface area contributed by atoms with E-state index in [1.807, 2.05) is 0 Å². The van der Waals surface area contributed by atoms with Crippen molar-refractivity contribution in [2.45, 2.75) is 20.0 Å². The number of amides is 2. The molecule has 0 aromatic carbocycles. The van der Waals surface area contributed by atoms with Crippen LogP contribution in [0.2, 0.25) is 0 Å². The van der Waals surface area contributed by atoms with Gasteiger partial charge in [0, 0.05) is 25.0 Å². The molecular formula is C17H16F3N3O3. The number of carbonyl (C=O) groups is 2. The van der Waals surface area contributed by atoms with Crippen LogP contribution in [0.3, 0.4) is 0 Å². The number of hydrogen-bond acceptors (Lipinski definition) is 4. The number of halogens is 3. The zero-order chi connectivity index (χ0) is 19.1. The summed E-state index contributed by atoms with van der Waals surface area (Å²) in [6, 6.07) is 3.78. The monoisotopic (exact) mass is 367 g/mol. The zero-order valence-electron chi connectivity index (χ0n) is 14.1. The second-order valence-corrected chi connectivity index (χ2v) is 6.00. The minimum atomic E-state index is -4.59. The summed E-state index contributed by atoms with van der Waals surface area (Å²) in [7, 11) is 0. The molecule has 0 spiro atoms. The maximum Gasteiger partial charge on any atom is 0.433 e. The molecule has 0 bridgehead atoms. The first-order chi connectivity index (χ1) is 12.2. The lowest BCUT2D eigenvalue weighted by atomic mass is 10.2. The third-order valence-corrected chi connectivity index (χ3v) is 4.12. The number of aromatic nitrogens is 1. The SMILES string of the molecule is Cc1cc(C(=O)N2CCN(c3ccnc(C(F)(F)F)c3)C(=O)C2)c(C)o1. The summed E-state index contributed by atoms with van der Waals surface area (Å²) < 4.78 is 43.7.